The zero-order chi connectivity index (χ0) is 10.6. The normalized spacial score (nSPS) is 10.1. The highest BCUT2D eigenvalue weighted by Crippen LogP contribution is 2.09. The number of unbranched alkanes of at least 4 members (excludes halogenated alkanes) is 3. The van der Waals surface area contributed by atoms with Crippen LogP contribution in [0.4, 0.5) is 0 Å². The predicted octanol–water partition coefficient (Wildman–Crippen LogP) is 2.07. The van der Waals surface area contributed by atoms with Gasteiger partial charge in [-0.3, -0.25) is 10.2 Å². The molecule has 0 aliphatic carbocycles. The van der Waals surface area contributed by atoms with Gasteiger partial charge in [-0.15, -0.1) is 0 Å². The fraction of sp³-hybridized carbons (Fsp3) is 0.900. The Morgan fingerprint density at radius 3 is 2.57 bits per heavy atom. The van der Waals surface area contributed by atoms with Crippen LogP contribution >= 0.6 is 11.8 Å². The zero-order valence-electron chi connectivity index (χ0n) is 9.05. The summed E-state index contributed by atoms with van der Waals surface area (Å²) in [6.07, 6.45) is 6.47. The second-order valence-electron chi connectivity index (χ2n) is 3.34. The molecule has 3 nitrogen and oxygen atoms in total. The molecule has 0 unspecified atom stereocenters. The second kappa shape index (κ2) is 10.9. The molecule has 0 aromatic heterocycles. The standard InChI is InChI=1S/C10H22N2OS/c1-2-3-8-14-9-6-4-5-7-10(13)12-11/h2-9,11H2,1H3,(H,12,13). The van der Waals surface area contributed by atoms with Crippen molar-refractivity contribution in [2.24, 2.45) is 5.84 Å². The Labute approximate surface area is 91.2 Å². The van der Waals surface area contributed by atoms with Crippen LogP contribution in [0.25, 0.3) is 0 Å². The van der Waals surface area contributed by atoms with Crippen LogP contribution in [-0.4, -0.2) is 17.4 Å². The third-order valence-corrected chi connectivity index (χ3v) is 3.15. The van der Waals surface area contributed by atoms with Gasteiger partial charge in [-0.2, -0.15) is 11.8 Å². The Bertz CT molecular complexity index is 142. The SMILES string of the molecule is CCCCSCCCCCC(=O)NN. The van der Waals surface area contributed by atoms with E-state index in [0.717, 1.165) is 12.8 Å². The quantitative estimate of drug-likeness (QED) is 0.269. The number of nitrogens with one attached hydrogen (secondary N) is 1. The minimum absolute atomic E-state index is 0.0522. The molecule has 1 amide bonds. The highest BCUT2D eigenvalue weighted by atomic mass is 32.2. The molecule has 0 aromatic rings. The van der Waals surface area contributed by atoms with Crippen molar-refractivity contribution in [2.75, 3.05) is 11.5 Å². The molecule has 0 aliphatic heterocycles. The average Bonchev–Trinajstić information content (AvgIpc) is 2.21. The van der Waals surface area contributed by atoms with Gasteiger partial charge < -0.3 is 0 Å². The van der Waals surface area contributed by atoms with E-state index in [1.54, 1.807) is 0 Å². The van der Waals surface area contributed by atoms with Crippen molar-refractivity contribution in [3.05, 3.63) is 0 Å². The van der Waals surface area contributed by atoms with Crippen LogP contribution in [-0.2, 0) is 4.79 Å². The van der Waals surface area contributed by atoms with E-state index >= 15 is 0 Å². The van der Waals surface area contributed by atoms with Gasteiger partial charge in [0.15, 0.2) is 0 Å². The number of nitrogens with two attached hydrogens (primary N) is 1. The van der Waals surface area contributed by atoms with E-state index < -0.39 is 0 Å². The number of hydrogen-bond donors (Lipinski definition) is 2. The lowest BCUT2D eigenvalue weighted by atomic mass is 10.2. The fourth-order valence-corrected chi connectivity index (χ4v) is 2.19. The van der Waals surface area contributed by atoms with Gasteiger partial charge in [0.2, 0.25) is 5.91 Å². The van der Waals surface area contributed by atoms with E-state index in [1.807, 2.05) is 11.8 Å². The van der Waals surface area contributed by atoms with Gasteiger partial charge in [-0.1, -0.05) is 19.8 Å². The third-order valence-electron chi connectivity index (χ3n) is 2.00. The van der Waals surface area contributed by atoms with E-state index in [9.17, 15) is 4.79 Å². The van der Waals surface area contributed by atoms with Crippen LogP contribution in [0, 0.1) is 0 Å². The Morgan fingerprint density at radius 1 is 1.21 bits per heavy atom. The van der Waals surface area contributed by atoms with Crippen molar-refractivity contribution in [1.82, 2.24) is 5.43 Å². The molecule has 0 saturated heterocycles. The molecule has 0 fully saturated rings. The van der Waals surface area contributed by atoms with Gasteiger partial charge in [-0.05, 0) is 30.8 Å². The van der Waals surface area contributed by atoms with Crippen molar-refractivity contribution >= 4 is 17.7 Å². The lowest BCUT2D eigenvalue weighted by molar-refractivity contribution is -0.121. The van der Waals surface area contributed by atoms with Crippen LogP contribution in [0.3, 0.4) is 0 Å². The molecule has 14 heavy (non-hydrogen) atoms. The molecule has 0 saturated carbocycles. The van der Waals surface area contributed by atoms with E-state index in [0.29, 0.717) is 6.42 Å². The smallest absolute Gasteiger partial charge is 0.233 e. The molecule has 84 valence electrons. The molecule has 4 heteroatoms. The Kier molecular flexibility index (Phi) is 10.7. The predicted molar refractivity (Wildman–Crippen MR) is 63.0 cm³/mol. The van der Waals surface area contributed by atoms with Crippen molar-refractivity contribution < 1.29 is 4.79 Å². The number of hydrazine groups is 1. The monoisotopic (exact) mass is 218 g/mol. The van der Waals surface area contributed by atoms with Crippen LogP contribution in [0.2, 0.25) is 0 Å². The van der Waals surface area contributed by atoms with E-state index in [1.165, 1.54) is 30.8 Å². The molecule has 0 heterocycles. The Balaban J connectivity index is 2.95. The van der Waals surface area contributed by atoms with Gasteiger partial charge in [-0.25, -0.2) is 5.84 Å². The summed E-state index contributed by atoms with van der Waals surface area (Å²) in [5, 5.41) is 0. The summed E-state index contributed by atoms with van der Waals surface area (Å²) in [5.41, 5.74) is 2.14. The molecule has 0 atom stereocenters. The molecule has 0 spiro atoms. The number of amides is 1. The molecule has 0 aromatic carbocycles. The minimum Gasteiger partial charge on any atom is -0.294 e. The fourth-order valence-electron chi connectivity index (χ4n) is 1.09. The summed E-state index contributed by atoms with van der Waals surface area (Å²) < 4.78 is 0. The van der Waals surface area contributed by atoms with Gasteiger partial charge in [0.05, 0.1) is 0 Å². The van der Waals surface area contributed by atoms with Gasteiger partial charge in [0.25, 0.3) is 0 Å². The highest BCUT2D eigenvalue weighted by Gasteiger charge is 1.97. The maximum atomic E-state index is 10.7. The third kappa shape index (κ3) is 9.86. The highest BCUT2D eigenvalue weighted by molar-refractivity contribution is 7.99. The minimum atomic E-state index is -0.0522. The first-order valence-corrected chi connectivity index (χ1v) is 6.54. The number of carbonyl (C=O) groups excluding carboxylic acids is 1. The number of hydrogen-bond acceptors (Lipinski definition) is 3. The van der Waals surface area contributed by atoms with Crippen molar-refractivity contribution in [2.45, 2.75) is 45.4 Å². The number of rotatable bonds is 9. The molecule has 0 bridgehead atoms. The van der Waals surface area contributed by atoms with Crippen LogP contribution < -0.4 is 11.3 Å². The molecule has 0 aliphatic rings. The Hall–Kier alpha value is -0.220. The molecular formula is C10H22N2OS. The summed E-state index contributed by atoms with van der Waals surface area (Å²) in [7, 11) is 0. The topological polar surface area (TPSA) is 55.1 Å². The Morgan fingerprint density at radius 2 is 1.93 bits per heavy atom. The van der Waals surface area contributed by atoms with Crippen LogP contribution in [0.15, 0.2) is 0 Å². The molecule has 3 N–H and O–H groups in total. The van der Waals surface area contributed by atoms with Crippen LogP contribution in [0.1, 0.15) is 45.4 Å². The number of thioether (sulfide) groups is 1. The maximum absolute atomic E-state index is 10.7. The maximum Gasteiger partial charge on any atom is 0.233 e. The van der Waals surface area contributed by atoms with Gasteiger partial charge in [0.1, 0.15) is 0 Å². The second-order valence-corrected chi connectivity index (χ2v) is 4.57. The number of carbonyl (C=O) groups is 1. The molecule has 0 radical (unpaired) electrons. The lowest BCUT2D eigenvalue weighted by Gasteiger charge is -2.01. The lowest BCUT2D eigenvalue weighted by Crippen LogP contribution is -2.29. The van der Waals surface area contributed by atoms with Crippen molar-refractivity contribution in [1.29, 1.82) is 0 Å². The summed E-state index contributed by atoms with van der Waals surface area (Å²) in [4.78, 5) is 10.7. The summed E-state index contributed by atoms with van der Waals surface area (Å²) >= 11 is 2.02. The molecule has 0 rings (SSSR count). The first-order chi connectivity index (χ1) is 6.81. The van der Waals surface area contributed by atoms with E-state index in [-0.39, 0.29) is 5.91 Å². The first kappa shape index (κ1) is 13.8. The summed E-state index contributed by atoms with van der Waals surface area (Å²) in [5.74, 6) is 7.42. The van der Waals surface area contributed by atoms with E-state index in [2.05, 4.69) is 12.3 Å². The van der Waals surface area contributed by atoms with Gasteiger partial charge >= 0.3 is 0 Å². The summed E-state index contributed by atoms with van der Waals surface area (Å²) in [6, 6.07) is 0. The van der Waals surface area contributed by atoms with Gasteiger partial charge in [0, 0.05) is 6.42 Å². The summed E-state index contributed by atoms with van der Waals surface area (Å²) in [6.45, 7) is 2.21. The molecular weight excluding hydrogens is 196 g/mol. The van der Waals surface area contributed by atoms with Crippen molar-refractivity contribution in [3.8, 4) is 0 Å². The van der Waals surface area contributed by atoms with Crippen molar-refractivity contribution in [3.63, 3.8) is 0 Å². The largest absolute Gasteiger partial charge is 0.294 e. The zero-order valence-corrected chi connectivity index (χ0v) is 9.87. The van der Waals surface area contributed by atoms with Crippen LogP contribution in [0.5, 0.6) is 0 Å². The van der Waals surface area contributed by atoms with E-state index in [4.69, 9.17) is 5.84 Å². The first-order valence-electron chi connectivity index (χ1n) is 5.38. The average molecular weight is 218 g/mol.